The summed E-state index contributed by atoms with van der Waals surface area (Å²) in [6, 6.07) is 23.9. The van der Waals surface area contributed by atoms with Crippen LogP contribution in [0.2, 0.25) is 5.02 Å². The van der Waals surface area contributed by atoms with Gasteiger partial charge in [-0.1, -0.05) is 67.4 Å². The number of hydrogen-bond donors (Lipinski definition) is 2. The highest BCUT2D eigenvalue weighted by Gasteiger charge is 2.18. The number of imidazole rings is 1. The molecule has 0 radical (unpaired) electrons. The molecule has 5 aromatic rings. The molecule has 0 saturated carbocycles. The Morgan fingerprint density at radius 2 is 1.66 bits per heavy atom. The van der Waals surface area contributed by atoms with E-state index in [4.69, 9.17) is 16.6 Å². The fraction of sp³-hybridized carbons (Fsp3) is 0.167. The van der Waals surface area contributed by atoms with E-state index in [1.54, 1.807) is 30.3 Å². The van der Waals surface area contributed by atoms with Crippen LogP contribution in [0.15, 0.2) is 89.8 Å². The molecule has 11 heteroatoms. The number of aryl methyl sites for hydroxylation is 1. The molecule has 0 aliphatic carbocycles. The van der Waals surface area contributed by atoms with Crippen molar-refractivity contribution in [2.45, 2.75) is 37.6 Å². The number of unbranched alkanes of at least 4 members (excludes halogenated alkanes) is 1. The molecule has 4 N–H and O–H groups in total. The Hall–Kier alpha value is -4.25. The number of hydrogen-bond acceptors (Lipinski definition) is 5. The van der Waals surface area contributed by atoms with Gasteiger partial charge in [0.2, 0.25) is 0 Å². The third-order valence-electron chi connectivity index (χ3n) is 6.55. The molecule has 212 valence electrons. The first-order valence-electron chi connectivity index (χ1n) is 12.8. The number of nitrogens with zero attached hydrogens (tertiary/aromatic N) is 3. The molecule has 5 rings (SSSR count). The number of aromatic carboxylic acids is 1. The van der Waals surface area contributed by atoms with E-state index in [-0.39, 0.29) is 21.8 Å². The van der Waals surface area contributed by atoms with Gasteiger partial charge in [0.05, 0.1) is 17.0 Å². The van der Waals surface area contributed by atoms with Crippen LogP contribution >= 0.6 is 11.6 Å². The Labute approximate surface area is 242 Å². The van der Waals surface area contributed by atoms with Crippen molar-refractivity contribution in [3.8, 4) is 11.1 Å². The van der Waals surface area contributed by atoms with E-state index in [9.17, 15) is 18.3 Å². The first-order valence-corrected chi connectivity index (χ1v) is 14.7. The number of carboxylic acid groups (broad SMARTS) is 1. The predicted molar refractivity (Wildman–Crippen MR) is 160 cm³/mol. The first kappa shape index (κ1) is 29.7. The van der Waals surface area contributed by atoms with E-state index in [0.717, 1.165) is 36.2 Å². The lowest BCUT2D eigenvalue weighted by molar-refractivity contribution is 0.0697. The van der Waals surface area contributed by atoms with E-state index in [1.165, 1.54) is 24.3 Å². The lowest BCUT2D eigenvalue weighted by Gasteiger charge is -2.12. The second-order valence-corrected chi connectivity index (χ2v) is 11.5. The van der Waals surface area contributed by atoms with Gasteiger partial charge >= 0.3 is 5.97 Å². The molecule has 0 aliphatic rings. The van der Waals surface area contributed by atoms with Crippen LogP contribution in [0.25, 0.3) is 22.3 Å². The van der Waals surface area contributed by atoms with E-state index < -0.39 is 16.0 Å². The number of carbonyl (C=O) groups is 1. The highest BCUT2D eigenvalue weighted by Crippen LogP contribution is 2.26. The van der Waals surface area contributed by atoms with Gasteiger partial charge in [-0.25, -0.2) is 23.2 Å². The average Bonchev–Trinajstić information content (AvgIpc) is 3.28. The SMILES string of the molecule is CCCCc1nc2ccc(NS(=O)(=O)c3ccc(Cl)cc3)nc2n1Cc1ccc(-c2ccccc2C(=O)O)cc1.O. The minimum absolute atomic E-state index is 0. The summed E-state index contributed by atoms with van der Waals surface area (Å²) in [6.07, 6.45) is 2.70. The van der Waals surface area contributed by atoms with Crippen LogP contribution in [-0.4, -0.2) is 39.5 Å². The van der Waals surface area contributed by atoms with Crippen LogP contribution in [-0.2, 0) is 23.0 Å². The summed E-state index contributed by atoms with van der Waals surface area (Å²) in [4.78, 5) is 21.2. The van der Waals surface area contributed by atoms with Crippen LogP contribution in [0.4, 0.5) is 5.82 Å². The maximum Gasteiger partial charge on any atom is 0.336 e. The summed E-state index contributed by atoms with van der Waals surface area (Å²) in [5.41, 5.74) is 3.92. The Kier molecular flexibility index (Phi) is 9.07. The number of benzene rings is 3. The summed E-state index contributed by atoms with van der Waals surface area (Å²) in [5, 5.41) is 10.0. The fourth-order valence-electron chi connectivity index (χ4n) is 4.50. The second kappa shape index (κ2) is 12.5. The van der Waals surface area contributed by atoms with Crippen LogP contribution in [0, 0.1) is 0 Å². The first-order chi connectivity index (χ1) is 19.2. The zero-order valence-corrected chi connectivity index (χ0v) is 23.8. The summed E-state index contributed by atoms with van der Waals surface area (Å²) in [5.74, 6) is 0.0762. The molecule has 0 unspecified atom stereocenters. The number of halogens is 1. The van der Waals surface area contributed by atoms with Crippen molar-refractivity contribution in [3.63, 3.8) is 0 Å². The largest absolute Gasteiger partial charge is 0.478 e. The van der Waals surface area contributed by atoms with Crippen molar-refractivity contribution in [3.05, 3.63) is 107 Å². The number of rotatable bonds is 10. The van der Waals surface area contributed by atoms with Crippen molar-refractivity contribution in [1.82, 2.24) is 14.5 Å². The van der Waals surface area contributed by atoms with Crippen molar-refractivity contribution in [2.75, 3.05) is 4.72 Å². The molecular formula is C30H29ClN4O5S. The van der Waals surface area contributed by atoms with Gasteiger partial charge in [0.25, 0.3) is 10.0 Å². The molecular weight excluding hydrogens is 564 g/mol. The number of anilines is 1. The van der Waals surface area contributed by atoms with Gasteiger partial charge in [-0.2, -0.15) is 0 Å². The van der Waals surface area contributed by atoms with Gasteiger partial charge < -0.3 is 15.1 Å². The summed E-state index contributed by atoms with van der Waals surface area (Å²) >= 11 is 5.91. The summed E-state index contributed by atoms with van der Waals surface area (Å²) < 4.78 is 30.4. The minimum Gasteiger partial charge on any atom is -0.478 e. The molecule has 0 aliphatic heterocycles. The maximum atomic E-state index is 12.9. The van der Waals surface area contributed by atoms with Crippen LogP contribution in [0.5, 0.6) is 0 Å². The van der Waals surface area contributed by atoms with Crippen molar-refractivity contribution in [2.24, 2.45) is 0 Å². The lowest BCUT2D eigenvalue weighted by atomic mass is 9.99. The van der Waals surface area contributed by atoms with Gasteiger partial charge in [0, 0.05) is 11.4 Å². The Morgan fingerprint density at radius 3 is 2.34 bits per heavy atom. The molecule has 0 spiro atoms. The molecule has 0 saturated heterocycles. The quantitative estimate of drug-likeness (QED) is 0.209. The van der Waals surface area contributed by atoms with E-state index in [2.05, 4.69) is 16.6 Å². The number of nitrogens with one attached hydrogen (secondary N) is 1. The number of carboxylic acids is 1. The molecule has 41 heavy (non-hydrogen) atoms. The maximum absolute atomic E-state index is 12.9. The monoisotopic (exact) mass is 592 g/mol. The molecule has 9 nitrogen and oxygen atoms in total. The molecule has 3 aromatic carbocycles. The van der Waals surface area contributed by atoms with Crippen LogP contribution < -0.4 is 4.72 Å². The number of sulfonamides is 1. The predicted octanol–water partition coefficient (Wildman–Crippen LogP) is 5.82. The van der Waals surface area contributed by atoms with E-state index >= 15 is 0 Å². The zero-order valence-electron chi connectivity index (χ0n) is 22.2. The topological polar surface area (TPSA) is 146 Å². The molecule has 2 aromatic heterocycles. The van der Waals surface area contributed by atoms with Crippen molar-refractivity contribution < 1.29 is 23.8 Å². The standard InChI is InChI=1S/C30H27ClN4O4S.H2O/c1-2-3-8-28-32-26-17-18-27(34-40(38,39)23-15-13-22(31)14-16-23)33-29(26)35(28)19-20-9-11-21(12-10-20)24-6-4-5-7-25(24)30(36)37;/h4-7,9-18H,2-3,8,19H2,1H3,(H,33,34)(H,36,37);1H2. The summed E-state index contributed by atoms with van der Waals surface area (Å²) in [6.45, 7) is 2.58. The summed E-state index contributed by atoms with van der Waals surface area (Å²) in [7, 11) is -3.86. The Morgan fingerprint density at radius 1 is 0.951 bits per heavy atom. The molecule has 0 fully saturated rings. The molecule has 2 heterocycles. The zero-order chi connectivity index (χ0) is 28.3. The number of pyridine rings is 1. The minimum atomic E-state index is -3.86. The highest BCUT2D eigenvalue weighted by atomic mass is 35.5. The fourth-order valence-corrected chi connectivity index (χ4v) is 5.63. The van der Waals surface area contributed by atoms with Crippen molar-refractivity contribution in [1.29, 1.82) is 0 Å². The van der Waals surface area contributed by atoms with Gasteiger partial charge in [0.15, 0.2) is 5.65 Å². The lowest BCUT2D eigenvalue weighted by Crippen LogP contribution is -2.14. The highest BCUT2D eigenvalue weighted by molar-refractivity contribution is 7.92. The average molecular weight is 593 g/mol. The Balaban J connectivity index is 0.00000387. The second-order valence-electron chi connectivity index (χ2n) is 9.36. The van der Waals surface area contributed by atoms with Crippen molar-refractivity contribution >= 4 is 44.6 Å². The normalized spacial score (nSPS) is 11.3. The Bertz CT molecular complexity index is 1790. The van der Waals surface area contributed by atoms with Gasteiger partial charge in [0.1, 0.15) is 17.2 Å². The molecule has 0 atom stereocenters. The third-order valence-corrected chi connectivity index (χ3v) is 8.17. The van der Waals surface area contributed by atoms with Gasteiger partial charge in [-0.05, 0) is 65.6 Å². The number of fused-ring (bicyclic) bond motifs is 1. The molecule has 0 bridgehead atoms. The molecule has 0 amide bonds. The third kappa shape index (κ3) is 6.57. The van der Waals surface area contributed by atoms with Crippen LogP contribution in [0.1, 0.15) is 41.5 Å². The van der Waals surface area contributed by atoms with Gasteiger partial charge in [-0.3, -0.25) is 4.72 Å². The van der Waals surface area contributed by atoms with Gasteiger partial charge in [-0.15, -0.1) is 0 Å². The number of aromatic nitrogens is 3. The van der Waals surface area contributed by atoms with E-state index in [1.807, 2.05) is 34.9 Å². The van der Waals surface area contributed by atoms with Crippen LogP contribution in [0.3, 0.4) is 0 Å². The van der Waals surface area contributed by atoms with E-state index in [0.29, 0.717) is 28.3 Å². The smallest absolute Gasteiger partial charge is 0.336 e.